The van der Waals surface area contributed by atoms with E-state index in [2.05, 4.69) is 24.2 Å². The van der Waals surface area contributed by atoms with Gasteiger partial charge >= 0.3 is 0 Å². The molecule has 2 nitrogen and oxygen atoms in total. The van der Waals surface area contributed by atoms with Crippen molar-refractivity contribution in [3.8, 4) is 0 Å². The van der Waals surface area contributed by atoms with Crippen molar-refractivity contribution in [2.75, 3.05) is 26.7 Å². The lowest BCUT2D eigenvalue weighted by Crippen LogP contribution is -2.29. The lowest BCUT2D eigenvalue weighted by atomic mass is 10.2. The largest absolute Gasteiger partial charge is 0.315 e. The third-order valence-electron chi connectivity index (χ3n) is 3.24. The predicted octanol–water partition coefficient (Wildman–Crippen LogP) is 3.43. The number of likely N-dealkylation sites (N-methyl/N-ethyl adjacent to an activating group) is 1. The zero-order chi connectivity index (χ0) is 13.9. The van der Waals surface area contributed by atoms with Gasteiger partial charge < -0.3 is 10.2 Å². The molecule has 0 fully saturated rings. The van der Waals surface area contributed by atoms with Crippen molar-refractivity contribution in [2.45, 2.75) is 39.2 Å². The Morgan fingerprint density at radius 2 is 1.79 bits per heavy atom. The second kappa shape index (κ2) is 9.93. The van der Waals surface area contributed by atoms with Crippen LogP contribution in [0.4, 0.5) is 4.39 Å². The van der Waals surface area contributed by atoms with Gasteiger partial charge in [-0.2, -0.15) is 0 Å². The van der Waals surface area contributed by atoms with E-state index in [1.54, 1.807) is 0 Å². The van der Waals surface area contributed by atoms with Crippen LogP contribution >= 0.6 is 0 Å². The van der Waals surface area contributed by atoms with Crippen LogP contribution in [0.5, 0.6) is 0 Å². The molecule has 0 aliphatic heterocycles. The Kier molecular flexibility index (Phi) is 8.43. The number of nitrogens with zero attached hydrogens (tertiary/aromatic N) is 1. The lowest BCUT2D eigenvalue weighted by molar-refractivity contribution is 0.324. The summed E-state index contributed by atoms with van der Waals surface area (Å²) in [5, 5.41) is 3.47. The van der Waals surface area contributed by atoms with Crippen molar-refractivity contribution in [3.05, 3.63) is 35.6 Å². The molecule has 0 heterocycles. The van der Waals surface area contributed by atoms with Crippen LogP contribution in [0.2, 0.25) is 0 Å². The molecule has 1 N–H and O–H groups in total. The standard InChI is InChI=1S/C16H27FN2/c1-3-4-5-6-11-18-12-13-19(2)14-15-7-9-16(17)10-8-15/h7-10,18H,3-6,11-14H2,1-2H3. The minimum absolute atomic E-state index is 0.167. The Balaban J connectivity index is 2.04. The summed E-state index contributed by atoms with van der Waals surface area (Å²) in [6.45, 7) is 6.26. The van der Waals surface area contributed by atoms with Crippen molar-refractivity contribution >= 4 is 0 Å². The zero-order valence-corrected chi connectivity index (χ0v) is 12.3. The number of hydrogen-bond acceptors (Lipinski definition) is 2. The molecule has 1 aromatic rings. The number of nitrogens with one attached hydrogen (secondary N) is 1. The monoisotopic (exact) mass is 266 g/mol. The molecule has 0 bridgehead atoms. The highest BCUT2D eigenvalue weighted by molar-refractivity contribution is 5.15. The van der Waals surface area contributed by atoms with E-state index in [1.165, 1.54) is 37.8 Å². The summed E-state index contributed by atoms with van der Waals surface area (Å²) in [6.07, 6.45) is 5.23. The summed E-state index contributed by atoms with van der Waals surface area (Å²) in [5.41, 5.74) is 1.16. The van der Waals surface area contributed by atoms with Gasteiger partial charge in [-0.3, -0.25) is 0 Å². The minimum atomic E-state index is -0.167. The molecule has 0 saturated carbocycles. The molecule has 0 unspecified atom stereocenters. The summed E-state index contributed by atoms with van der Waals surface area (Å²) in [5.74, 6) is -0.167. The fraction of sp³-hybridized carbons (Fsp3) is 0.625. The molecule has 108 valence electrons. The van der Waals surface area contributed by atoms with Gasteiger partial charge in [-0.1, -0.05) is 38.3 Å². The molecular weight excluding hydrogens is 239 g/mol. The van der Waals surface area contributed by atoms with Gasteiger partial charge in [0, 0.05) is 19.6 Å². The molecule has 19 heavy (non-hydrogen) atoms. The quantitative estimate of drug-likeness (QED) is 0.653. The van der Waals surface area contributed by atoms with Crippen molar-refractivity contribution < 1.29 is 4.39 Å². The molecule has 0 spiro atoms. The van der Waals surface area contributed by atoms with Gasteiger partial charge in [0.15, 0.2) is 0 Å². The normalized spacial score (nSPS) is 11.2. The van der Waals surface area contributed by atoms with Crippen LogP contribution in [0.25, 0.3) is 0 Å². The molecule has 0 atom stereocenters. The van der Waals surface area contributed by atoms with Crippen molar-refractivity contribution in [1.82, 2.24) is 10.2 Å². The first kappa shape index (κ1) is 16.1. The molecule has 1 rings (SSSR count). The highest BCUT2D eigenvalue weighted by Crippen LogP contribution is 2.05. The van der Waals surface area contributed by atoms with Crippen molar-refractivity contribution in [1.29, 1.82) is 0 Å². The fourth-order valence-electron chi connectivity index (χ4n) is 2.05. The molecule has 0 saturated heterocycles. The first-order valence-corrected chi connectivity index (χ1v) is 7.36. The average molecular weight is 266 g/mol. The van der Waals surface area contributed by atoms with Gasteiger partial charge in [-0.25, -0.2) is 4.39 Å². The number of benzene rings is 1. The van der Waals surface area contributed by atoms with E-state index in [-0.39, 0.29) is 5.82 Å². The number of rotatable bonds is 10. The number of hydrogen-bond donors (Lipinski definition) is 1. The van der Waals surface area contributed by atoms with E-state index < -0.39 is 0 Å². The average Bonchev–Trinajstić information content (AvgIpc) is 2.40. The maximum absolute atomic E-state index is 12.8. The van der Waals surface area contributed by atoms with Crippen LogP contribution in [0.3, 0.4) is 0 Å². The minimum Gasteiger partial charge on any atom is -0.315 e. The maximum atomic E-state index is 12.8. The molecular formula is C16H27FN2. The summed E-state index contributed by atoms with van der Waals surface area (Å²) < 4.78 is 12.8. The smallest absolute Gasteiger partial charge is 0.123 e. The van der Waals surface area contributed by atoms with Crippen molar-refractivity contribution in [2.24, 2.45) is 0 Å². The van der Waals surface area contributed by atoms with E-state index in [0.29, 0.717) is 0 Å². The Hall–Kier alpha value is -0.930. The zero-order valence-electron chi connectivity index (χ0n) is 12.3. The van der Waals surface area contributed by atoms with Gasteiger partial charge in [-0.15, -0.1) is 0 Å². The SMILES string of the molecule is CCCCCCNCCN(C)Cc1ccc(F)cc1. The third kappa shape index (κ3) is 7.96. The Morgan fingerprint density at radius 1 is 1.05 bits per heavy atom. The summed E-state index contributed by atoms with van der Waals surface area (Å²) in [4.78, 5) is 2.26. The highest BCUT2D eigenvalue weighted by Gasteiger charge is 2.00. The summed E-state index contributed by atoms with van der Waals surface area (Å²) in [7, 11) is 2.10. The van der Waals surface area contributed by atoms with Crippen LogP contribution < -0.4 is 5.32 Å². The van der Waals surface area contributed by atoms with E-state index >= 15 is 0 Å². The molecule has 0 aliphatic rings. The van der Waals surface area contributed by atoms with Crippen LogP contribution in [-0.2, 0) is 6.54 Å². The van der Waals surface area contributed by atoms with E-state index in [9.17, 15) is 4.39 Å². The van der Waals surface area contributed by atoms with Gasteiger partial charge in [0.2, 0.25) is 0 Å². The molecule has 3 heteroatoms. The highest BCUT2D eigenvalue weighted by atomic mass is 19.1. The fourth-order valence-corrected chi connectivity index (χ4v) is 2.05. The summed E-state index contributed by atoms with van der Waals surface area (Å²) >= 11 is 0. The maximum Gasteiger partial charge on any atom is 0.123 e. The van der Waals surface area contributed by atoms with Gasteiger partial charge in [0.05, 0.1) is 0 Å². The van der Waals surface area contributed by atoms with E-state index in [4.69, 9.17) is 0 Å². The van der Waals surface area contributed by atoms with Crippen LogP contribution in [-0.4, -0.2) is 31.6 Å². The van der Waals surface area contributed by atoms with Crippen LogP contribution in [0.1, 0.15) is 38.2 Å². The first-order chi connectivity index (χ1) is 9.22. The van der Waals surface area contributed by atoms with Crippen molar-refractivity contribution in [3.63, 3.8) is 0 Å². The molecule has 0 amide bonds. The molecule has 0 radical (unpaired) electrons. The molecule has 0 aromatic heterocycles. The summed E-state index contributed by atoms with van der Waals surface area (Å²) in [6, 6.07) is 6.75. The first-order valence-electron chi connectivity index (χ1n) is 7.36. The topological polar surface area (TPSA) is 15.3 Å². The second-order valence-electron chi connectivity index (χ2n) is 5.17. The molecule has 1 aromatic carbocycles. The van der Waals surface area contributed by atoms with Crippen LogP contribution in [0.15, 0.2) is 24.3 Å². The number of unbranched alkanes of at least 4 members (excludes halogenated alkanes) is 3. The Labute approximate surface area is 117 Å². The van der Waals surface area contributed by atoms with E-state index in [1.807, 2.05) is 12.1 Å². The Morgan fingerprint density at radius 3 is 2.47 bits per heavy atom. The van der Waals surface area contributed by atoms with Gasteiger partial charge in [0.1, 0.15) is 5.82 Å². The van der Waals surface area contributed by atoms with Gasteiger partial charge in [0.25, 0.3) is 0 Å². The third-order valence-corrected chi connectivity index (χ3v) is 3.24. The van der Waals surface area contributed by atoms with Gasteiger partial charge in [-0.05, 0) is 37.7 Å². The second-order valence-corrected chi connectivity index (χ2v) is 5.17. The predicted molar refractivity (Wildman–Crippen MR) is 79.7 cm³/mol. The molecule has 0 aliphatic carbocycles. The van der Waals surface area contributed by atoms with Crippen LogP contribution in [0, 0.1) is 5.82 Å². The van der Waals surface area contributed by atoms with E-state index in [0.717, 1.165) is 31.7 Å². The lowest BCUT2D eigenvalue weighted by Gasteiger charge is -2.17. The Bertz CT molecular complexity index is 324. The number of halogens is 1.